The molecule has 5 nitrogen and oxygen atoms in total. The molecule has 3 aromatic rings. The Morgan fingerprint density at radius 1 is 0.950 bits per heavy atom. The maximum Gasteiger partial charge on any atom is 0.112 e. The highest BCUT2D eigenvalue weighted by Crippen LogP contribution is 2.03. The second-order valence-corrected chi connectivity index (χ2v) is 4.14. The topological polar surface area (TPSA) is 96.8 Å². The third-order valence-corrected chi connectivity index (χ3v) is 2.70. The van der Waals surface area contributed by atoms with E-state index in [-0.39, 0.29) is 12.8 Å². The standard InChI is InChI=1S/C9H12O.C6H5N3.H3N/c10-8-4-7-9-5-2-1-3-6-9;1-2-4-6-5(3-1)7-9-8-6;/h1-3,5-6,10H,4,7-8H2;1-4H,(H,7,8,9);1H3. The summed E-state index contributed by atoms with van der Waals surface area (Å²) in [7, 11) is 0. The summed E-state index contributed by atoms with van der Waals surface area (Å²) in [5.41, 5.74) is 3.20. The molecule has 0 aliphatic carbocycles. The average Bonchev–Trinajstić information content (AvgIpc) is 2.95. The van der Waals surface area contributed by atoms with E-state index < -0.39 is 0 Å². The lowest BCUT2D eigenvalue weighted by molar-refractivity contribution is 0.288. The Labute approximate surface area is 118 Å². The van der Waals surface area contributed by atoms with Crippen LogP contribution in [0.2, 0.25) is 0 Å². The fourth-order valence-electron chi connectivity index (χ4n) is 1.72. The molecule has 0 aliphatic rings. The molecule has 5 N–H and O–H groups in total. The Kier molecular flexibility index (Phi) is 6.95. The highest BCUT2D eigenvalue weighted by molar-refractivity contribution is 5.72. The van der Waals surface area contributed by atoms with Gasteiger partial charge in [-0.25, -0.2) is 0 Å². The zero-order chi connectivity index (χ0) is 13.3. The first-order valence-electron chi connectivity index (χ1n) is 6.31. The summed E-state index contributed by atoms with van der Waals surface area (Å²) in [6, 6.07) is 17.9. The van der Waals surface area contributed by atoms with Crippen molar-refractivity contribution >= 4 is 11.0 Å². The van der Waals surface area contributed by atoms with Crippen molar-refractivity contribution in [1.82, 2.24) is 21.6 Å². The molecule has 0 unspecified atom stereocenters. The first-order chi connectivity index (χ1) is 9.40. The first-order valence-corrected chi connectivity index (χ1v) is 6.31. The average molecular weight is 272 g/mol. The third kappa shape index (κ3) is 4.79. The van der Waals surface area contributed by atoms with Crippen LogP contribution in [0, 0.1) is 0 Å². The Morgan fingerprint density at radius 2 is 1.65 bits per heavy atom. The number of H-pyrrole nitrogens is 1. The minimum atomic E-state index is 0. The number of para-hydroxylation sites is 1. The van der Waals surface area contributed by atoms with Gasteiger partial charge in [0, 0.05) is 6.61 Å². The van der Waals surface area contributed by atoms with Crippen molar-refractivity contribution in [3.8, 4) is 0 Å². The summed E-state index contributed by atoms with van der Waals surface area (Å²) < 4.78 is 0. The molecule has 0 amide bonds. The molecule has 5 heteroatoms. The summed E-state index contributed by atoms with van der Waals surface area (Å²) in [4.78, 5) is 0. The molecule has 106 valence electrons. The summed E-state index contributed by atoms with van der Waals surface area (Å²) in [5.74, 6) is 0. The highest BCUT2D eigenvalue weighted by Gasteiger charge is 1.90. The number of rotatable bonds is 3. The van der Waals surface area contributed by atoms with E-state index in [4.69, 9.17) is 5.11 Å². The molecule has 0 spiro atoms. The van der Waals surface area contributed by atoms with Gasteiger partial charge in [0.2, 0.25) is 0 Å². The smallest absolute Gasteiger partial charge is 0.112 e. The number of nitrogens with one attached hydrogen (secondary N) is 1. The van der Waals surface area contributed by atoms with Crippen LogP contribution in [0.25, 0.3) is 11.0 Å². The molecular weight excluding hydrogens is 252 g/mol. The number of aryl methyl sites for hydroxylation is 1. The first kappa shape index (κ1) is 15.8. The molecule has 20 heavy (non-hydrogen) atoms. The van der Waals surface area contributed by atoms with Crippen LogP contribution in [0.1, 0.15) is 12.0 Å². The van der Waals surface area contributed by atoms with Crippen molar-refractivity contribution in [2.75, 3.05) is 6.61 Å². The lowest BCUT2D eigenvalue weighted by Gasteiger charge is -1.96. The largest absolute Gasteiger partial charge is 0.396 e. The zero-order valence-corrected chi connectivity index (χ0v) is 11.4. The van der Waals surface area contributed by atoms with Crippen molar-refractivity contribution < 1.29 is 5.11 Å². The van der Waals surface area contributed by atoms with Crippen molar-refractivity contribution in [3.63, 3.8) is 0 Å². The van der Waals surface area contributed by atoms with Crippen molar-refractivity contribution in [2.24, 2.45) is 0 Å². The normalized spacial score (nSPS) is 9.45. The van der Waals surface area contributed by atoms with Crippen LogP contribution < -0.4 is 6.15 Å². The van der Waals surface area contributed by atoms with Gasteiger partial charge in [0.05, 0.1) is 5.52 Å². The van der Waals surface area contributed by atoms with Gasteiger partial charge in [-0.1, -0.05) is 47.7 Å². The fourth-order valence-corrected chi connectivity index (χ4v) is 1.72. The molecule has 0 saturated heterocycles. The van der Waals surface area contributed by atoms with E-state index in [2.05, 4.69) is 27.5 Å². The number of aliphatic hydroxyl groups excluding tert-OH is 1. The maximum atomic E-state index is 8.53. The maximum absolute atomic E-state index is 8.53. The van der Waals surface area contributed by atoms with E-state index in [9.17, 15) is 0 Å². The molecule has 0 saturated carbocycles. The Hall–Kier alpha value is -2.24. The number of aromatic amines is 1. The Bertz CT molecular complexity index is 565. The second kappa shape index (κ2) is 8.79. The van der Waals surface area contributed by atoms with Gasteiger partial charge in [0.1, 0.15) is 5.52 Å². The molecule has 2 aromatic carbocycles. The summed E-state index contributed by atoms with van der Waals surface area (Å²) in [5, 5.41) is 18.7. The van der Waals surface area contributed by atoms with E-state index in [1.54, 1.807) is 0 Å². The van der Waals surface area contributed by atoms with Gasteiger partial charge in [0.15, 0.2) is 0 Å². The van der Waals surface area contributed by atoms with Gasteiger partial charge in [0.25, 0.3) is 0 Å². The lowest BCUT2D eigenvalue weighted by Crippen LogP contribution is -1.87. The van der Waals surface area contributed by atoms with Crippen LogP contribution in [-0.2, 0) is 6.42 Å². The molecule has 0 bridgehead atoms. The minimum Gasteiger partial charge on any atom is -0.396 e. The van der Waals surface area contributed by atoms with E-state index in [0.717, 1.165) is 23.9 Å². The second-order valence-electron chi connectivity index (χ2n) is 4.14. The van der Waals surface area contributed by atoms with Crippen molar-refractivity contribution in [1.29, 1.82) is 0 Å². The van der Waals surface area contributed by atoms with Crippen LogP contribution in [0.15, 0.2) is 54.6 Å². The van der Waals surface area contributed by atoms with Crippen LogP contribution in [0.3, 0.4) is 0 Å². The predicted octanol–water partition coefficient (Wildman–Crippen LogP) is 2.73. The van der Waals surface area contributed by atoms with E-state index in [0.29, 0.717) is 0 Å². The van der Waals surface area contributed by atoms with Gasteiger partial charge < -0.3 is 11.3 Å². The summed E-state index contributed by atoms with van der Waals surface area (Å²) >= 11 is 0. The zero-order valence-electron chi connectivity index (χ0n) is 11.4. The Morgan fingerprint density at radius 3 is 2.35 bits per heavy atom. The number of aromatic nitrogens is 3. The van der Waals surface area contributed by atoms with Gasteiger partial charge in [-0.3, -0.25) is 5.10 Å². The number of fused-ring (bicyclic) bond motifs is 1. The molecule has 1 heterocycles. The van der Waals surface area contributed by atoms with Gasteiger partial charge in [-0.05, 0) is 30.5 Å². The number of benzene rings is 2. The number of nitrogens with zero attached hydrogens (tertiary/aromatic N) is 2. The van der Waals surface area contributed by atoms with Crippen LogP contribution in [0.5, 0.6) is 0 Å². The molecule has 0 radical (unpaired) electrons. The molecule has 1 aromatic heterocycles. The van der Waals surface area contributed by atoms with Gasteiger partial charge in [-0.2, -0.15) is 0 Å². The van der Waals surface area contributed by atoms with Gasteiger partial charge >= 0.3 is 0 Å². The third-order valence-electron chi connectivity index (χ3n) is 2.70. The van der Waals surface area contributed by atoms with Crippen LogP contribution >= 0.6 is 0 Å². The van der Waals surface area contributed by atoms with Gasteiger partial charge in [-0.15, -0.1) is 5.10 Å². The van der Waals surface area contributed by atoms with E-state index in [1.165, 1.54) is 5.56 Å². The Balaban J connectivity index is 0.000000191. The monoisotopic (exact) mass is 272 g/mol. The number of hydrogen-bond acceptors (Lipinski definition) is 4. The highest BCUT2D eigenvalue weighted by atomic mass is 16.2. The van der Waals surface area contributed by atoms with Crippen LogP contribution in [-0.4, -0.2) is 27.1 Å². The van der Waals surface area contributed by atoms with Crippen molar-refractivity contribution in [3.05, 3.63) is 60.2 Å². The number of hydrogen-bond donors (Lipinski definition) is 3. The predicted molar refractivity (Wildman–Crippen MR) is 80.8 cm³/mol. The summed E-state index contributed by atoms with van der Waals surface area (Å²) in [6.45, 7) is 0.287. The van der Waals surface area contributed by atoms with E-state index in [1.807, 2.05) is 42.5 Å². The minimum absolute atomic E-state index is 0. The SMILES string of the molecule is N.OCCCc1ccccc1.c1ccc2[nH]nnc2c1. The van der Waals surface area contributed by atoms with E-state index >= 15 is 0 Å². The van der Waals surface area contributed by atoms with Crippen molar-refractivity contribution in [2.45, 2.75) is 12.8 Å². The molecule has 0 fully saturated rings. The number of aliphatic hydroxyl groups is 1. The molecule has 3 rings (SSSR count). The summed E-state index contributed by atoms with van der Waals surface area (Å²) in [6.07, 6.45) is 1.85. The van der Waals surface area contributed by atoms with Crippen LogP contribution in [0.4, 0.5) is 0 Å². The molecule has 0 atom stereocenters. The molecular formula is C15H20N4O. The molecule has 0 aliphatic heterocycles. The lowest BCUT2D eigenvalue weighted by atomic mass is 10.1. The quantitative estimate of drug-likeness (QED) is 0.683. The fraction of sp³-hybridized carbons (Fsp3) is 0.200.